The number of aliphatic imine (C=N–C) groups is 1. The summed E-state index contributed by atoms with van der Waals surface area (Å²) in [5.74, 6) is 0.331. The standard InChI is InChI=1S/C20H25N3O3/c1-14(15-6-4-3-5-7-15)17(24)10-8-16-9-11-19(26-16)23(2)13-12-18(21)22-20(23)25/h3-7,12-14,16,19H,8-11H2,1-2H3,(H-,21,22,25)/p+1. The summed E-state index contributed by atoms with van der Waals surface area (Å²) < 4.78 is 6.06. The van der Waals surface area contributed by atoms with Crippen LogP contribution in [0, 0.1) is 0 Å². The van der Waals surface area contributed by atoms with Crippen LogP contribution in [0.4, 0.5) is 4.79 Å². The Kier molecular flexibility index (Phi) is 5.34. The number of urea groups is 1. The predicted molar refractivity (Wildman–Crippen MR) is 99.3 cm³/mol. The fourth-order valence-electron chi connectivity index (χ4n) is 3.51. The molecular formula is C20H26N3O3+. The van der Waals surface area contributed by atoms with Crippen molar-refractivity contribution in [3.8, 4) is 0 Å². The van der Waals surface area contributed by atoms with Crippen molar-refractivity contribution in [3.63, 3.8) is 0 Å². The highest BCUT2D eigenvalue weighted by Crippen LogP contribution is 2.32. The number of carbonyl (C=O) groups excluding carboxylic acids is 2. The van der Waals surface area contributed by atoms with Crippen molar-refractivity contribution in [2.75, 3.05) is 7.05 Å². The zero-order valence-corrected chi connectivity index (χ0v) is 15.3. The Morgan fingerprint density at radius 1 is 1.35 bits per heavy atom. The van der Waals surface area contributed by atoms with Crippen LogP contribution in [0.15, 0.2) is 47.6 Å². The van der Waals surface area contributed by atoms with Crippen molar-refractivity contribution in [2.24, 2.45) is 10.7 Å². The number of rotatable bonds is 6. The molecule has 0 bridgehead atoms. The van der Waals surface area contributed by atoms with E-state index >= 15 is 0 Å². The Bertz CT molecular complexity index is 744. The fourth-order valence-corrected chi connectivity index (χ4v) is 3.51. The van der Waals surface area contributed by atoms with Gasteiger partial charge >= 0.3 is 6.03 Å². The van der Waals surface area contributed by atoms with E-state index in [9.17, 15) is 9.59 Å². The third-order valence-corrected chi connectivity index (χ3v) is 5.37. The molecule has 138 valence electrons. The van der Waals surface area contributed by atoms with Crippen molar-refractivity contribution in [2.45, 2.75) is 50.9 Å². The van der Waals surface area contributed by atoms with Gasteiger partial charge in [0.1, 0.15) is 17.8 Å². The first-order chi connectivity index (χ1) is 12.4. The van der Waals surface area contributed by atoms with E-state index in [4.69, 9.17) is 10.5 Å². The van der Waals surface area contributed by atoms with E-state index in [1.165, 1.54) is 0 Å². The Morgan fingerprint density at radius 3 is 2.77 bits per heavy atom. The van der Waals surface area contributed by atoms with Gasteiger partial charge in [-0.3, -0.25) is 4.79 Å². The molecule has 26 heavy (non-hydrogen) atoms. The zero-order valence-electron chi connectivity index (χ0n) is 15.3. The smallest absolute Gasteiger partial charge is 0.383 e. The van der Waals surface area contributed by atoms with Crippen molar-refractivity contribution < 1.29 is 18.8 Å². The molecule has 4 unspecified atom stereocenters. The number of Topliss-reactive ketones (excluding diaryl/α,β-unsaturated/α-hetero) is 1. The van der Waals surface area contributed by atoms with Crippen LogP contribution in [0.1, 0.15) is 44.1 Å². The monoisotopic (exact) mass is 356 g/mol. The Morgan fingerprint density at radius 2 is 2.08 bits per heavy atom. The van der Waals surface area contributed by atoms with Crippen molar-refractivity contribution in [3.05, 3.63) is 48.2 Å². The molecule has 1 aromatic carbocycles. The van der Waals surface area contributed by atoms with Crippen LogP contribution in [0.25, 0.3) is 0 Å². The third kappa shape index (κ3) is 3.76. The van der Waals surface area contributed by atoms with E-state index in [-0.39, 0.29) is 40.4 Å². The SMILES string of the molecule is CC(C(=O)CCC1CCC([N+]2(C)C=CC(N)=NC2=O)O1)c1ccccc1. The van der Waals surface area contributed by atoms with Gasteiger partial charge < -0.3 is 10.5 Å². The highest BCUT2D eigenvalue weighted by Gasteiger charge is 2.45. The lowest BCUT2D eigenvalue weighted by atomic mass is 9.93. The van der Waals surface area contributed by atoms with Gasteiger partial charge in [-0.15, -0.1) is 4.99 Å². The molecule has 0 saturated carbocycles. The van der Waals surface area contributed by atoms with Crippen LogP contribution in [0.5, 0.6) is 0 Å². The van der Waals surface area contributed by atoms with Gasteiger partial charge in [0.25, 0.3) is 0 Å². The average molecular weight is 356 g/mol. The molecule has 0 aliphatic carbocycles. The molecule has 1 fully saturated rings. The number of hydrogen-bond donors (Lipinski definition) is 1. The molecule has 2 amide bonds. The second-order valence-electron chi connectivity index (χ2n) is 7.21. The maximum Gasteiger partial charge on any atom is 0.451 e. The summed E-state index contributed by atoms with van der Waals surface area (Å²) in [6.07, 6.45) is 5.85. The maximum atomic E-state index is 12.5. The molecule has 3 rings (SSSR count). The Labute approximate surface area is 153 Å². The highest BCUT2D eigenvalue weighted by molar-refractivity contribution is 5.99. The molecule has 1 aromatic rings. The Hall–Kier alpha value is -2.31. The molecule has 2 heterocycles. The lowest BCUT2D eigenvalue weighted by Crippen LogP contribution is -2.53. The lowest BCUT2D eigenvalue weighted by Gasteiger charge is -2.32. The number of ether oxygens (including phenoxy) is 1. The van der Waals surface area contributed by atoms with Crippen LogP contribution >= 0.6 is 0 Å². The number of hydrogen-bond acceptors (Lipinski definition) is 4. The predicted octanol–water partition coefficient (Wildman–Crippen LogP) is 3.10. The Balaban J connectivity index is 1.53. The minimum Gasteiger partial charge on any atom is -0.383 e. The van der Waals surface area contributed by atoms with Crippen molar-refractivity contribution in [1.29, 1.82) is 0 Å². The highest BCUT2D eigenvalue weighted by atomic mass is 16.5. The minimum absolute atomic E-state index is 0.00803. The number of amidine groups is 1. The van der Waals surface area contributed by atoms with E-state index in [0.29, 0.717) is 12.8 Å². The molecule has 6 heteroatoms. The fraction of sp³-hybridized carbons (Fsp3) is 0.450. The number of nitrogens with two attached hydrogens (primary N) is 1. The molecule has 0 spiro atoms. The molecule has 0 radical (unpaired) electrons. The van der Waals surface area contributed by atoms with E-state index in [0.717, 1.165) is 18.4 Å². The van der Waals surface area contributed by atoms with Gasteiger partial charge in [-0.25, -0.2) is 4.79 Å². The summed E-state index contributed by atoms with van der Waals surface area (Å²) in [6.45, 7) is 1.95. The number of quaternary nitrogens is 1. The summed E-state index contributed by atoms with van der Waals surface area (Å²) in [4.78, 5) is 28.6. The summed E-state index contributed by atoms with van der Waals surface area (Å²) in [7, 11) is 1.78. The molecule has 2 aliphatic heterocycles. The first-order valence-corrected chi connectivity index (χ1v) is 9.07. The molecular weight excluding hydrogens is 330 g/mol. The lowest BCUT2D eigenvalue weighted by molar-refractivity contribution is -0.830. The molecule has 0 aromatic heterocycles. The topological polar surface area (TPSA) is 81.8 Å². The van der Waals surface area contributed by atoms with Crippen LogP contribution in [0.3, 0.4) is 0 Å². The van der Waals surface area contributed by atoms with Gasteiger partial charge in [-0.2, -0.15) is 4.48 Å². The van der Waals surface area contributed by atoms with Gasteiger partial charge in [0.2, 0.25) is 6.23 Å². The third-order valence-electron chi connectivity index (χ3n) is 5.37. The van der Waals surface area contributed by atoms with Gasteiger partial charge in [-0.1, -0.05) is 37.3 Å². The van der Waals surface area contributed by atoms with E-state index in [2.05, 4.69) is 4.99 Å². The van der Waals surface area contributed by atoms with E-state index in [1.807, 2.05) is 37.3 Å². The minimum atomic E-state index is -0.315. The van der Waals surface area contributed by atoms with Gasteiger partial charge in [0.15, 0.2) is 0 Å². The first-order valence-electron chi connectivity index (χ1n) is 9.07. The van der Waals surface area contributed by atoms with Crippen LogP contribution in [-0.2, 0) is 9.53 Å². The number of carbonyl (C=O) groups is 2. The first kappa shape index (κ1) is 18.5. The second kappa shape index (κ2) is 7.51. The number of amides is 2. The van der Waals surface area contributed by atoms with Gasteiger partial charge in [0.05, 0.1) is 13.2 Å². The number of benzene rings is 1. The van der Waals surface area contributed by atoms with Gasteiger partial charge in [-0.05, 0) is 18.4 Å². The average Bonchev–Trinajstić information content (AvgIpc) is 3.13. The van der Waals surface area contributed by atoms with Crippen LogP contribution in [0.2, 0.25) is 0 Å². The molecule has 6 nitrogen and oxygen atoms in total. The number of nitrogens with zero attached hydrogens (tertiary/aromatic N) is 2. The molecule has 1 saturated heterocycles. The summed E-state index contributed by atoms with van der Waals surface area (Å²) in [5.41, 5.74) is 6.63. The normalized spacial score (nSPS) is 29.5. The van der Waals surface area contributed by atoms with E-state index < -0.39 is 0 Å². The van der Waals surface area contributed by atoms with Crippen molar-refractivity contribution in [1.82, 2.24) is 0 Å². The number of ketones is 1. The summed E-state index contributed by atoms with van der Waals surface area (Å²) >= 11 is 0. The van der Waals surface area contributed by atoms with Crippen LogP contribution in [-0.4, -0.2) is 41.5 Å². The molecule has 2 N–H and O–H groups in total. The molecule has 2 aliphatic rings. The largest absolute Gasteiger partial charge is 0.451 e. The summed E-state index contributed by atoms with van der Waals surface area (Å²) in [6, 6.07) is 9.50. The van der Waals surface area contributed by atoms with Crippen molar-refractivity contribution >= 4 is 17.6 Å². The second-order valence-corrected chi connectivity index (χ2v) is 7.21. The zero-order chi connectivity index (χ0) is 18.7. The molecule has 4 atom stereocenters. The summed E-state index contributed by atoms with van der Waals surface area (Å²) in [5, 5.41) is 0. The quantitative estimate of drug-likeness (QED) is 0.794. The van der Waals surface area contributed by atoms with Crippen LogP contribution < -0.4 is 5.73 Å². The maximum absolute atomic E-state index is 12.5. The van der Waals surface area contributed by atoms with E-state index in [1.54, 1.807) is 19.3 Å². The van der Waals surface area contributed by atoms with Gasteiger partial charge in [0, 0.05) is 24.8 Å².